The van der Waals surface area contributed by atoms with Crippen molar-refractivity contribution < 1.29 is 9.84 Å². The van der Waals surface area contributed by atoms with E-state index in [9.17, 15) is 5.11 Å². The first kappa shape index (κ1) is 12.7. The van der Waals surface area contributed by atoms with Gasteiger partial charge in [0.25, 0.3) is 0 Å². The maximum atomic E-state index is 10.2. The second-order valence-electron chi connectivity index (χ2n) is 5.06. The zero-order chi connectivity index (χ0) is 13.2. The minimum absolute atomic E-state index is 0.343. The maximum absolute atomic E-state index is 10.2. The molecular weight excluding hydrogens is 256 g/mol. The Morgan fingerprint density at radius 2 is 2.26 bits per heavy atom. The highest BCUT2D eigenvalue weighted by atomic mass is 32.1. The highest BCUT2D eigenvalue weighted by molar-refractivity contribution is 7.10. The molecule has 2 nitrogen and oxygen atoms in total. The van der Waals surface area contributed by atoms with E-state index >= 15 is 0 Å². The summed E-state index contributed by atoms with van der Waals surface area (Å²) >= 11 is 1.64. The van der Waals surface area contributed by atoms with Crippen molar-refractivity contribution in [3.05, 3.63) is 51.2 Å². The molecule has 0 saturated carbocycles. The molecule has 1 N–H and O–H groups in total. The maximum Gasteiger partial charge on any atom is 0.122 e. The number of hydrogen-bond donors (Lipinski definition) is 1. The first-order chi connectivity index (χ1) is 9.24. The topological polar surface area (TPSA) is 29.5 Å². The molecule has 3 rings (SSSR count). The fourth-order valence-electron chi connectivity index (χ4n) is 2.56. The van der Waals surface area contributed by atoms with Crippen LogP contribution < -0.4 is 4.74 Å². The molecule has 19 heavy (non-hydrogen) atoms. The van der Waals surface area contributed by atoms with Gasteiger partial charge in [-0.1, -0.05) is 12.1 Å². The van der Waals surface area contributed by atoms with Crippen LogP contribution in [0.5, 0.6) is 5.75 Å². The van der Waals surface area contributed by atoms with Gasteiger partial charge in [0.15, 0.2) is 0 Å². The summed E-state index contributed by atoms with van der Waals surface area (Å²) in [6, 6.07) is 8.45. The quantitative estimate of drug-likeness (QED) is 0.922. The summed E-state index contributed by atoms with van der Waals surface area (Å²) in [5.74, 6) is 1.03. The molecule has 0 bridgehead atoms. The minimum atomic E-state index is -0.343. The smallest absolute Gasteiger partial charge is 0.122 e. The van der Waals surface area contributed by atoms with Gasteiger partial charge in [-0.25, -0.2) is 0 Å². The normalized spacial score (nSPS) is 15.1. The van der Waals surface area contributed by atoms with Crippen LogP contribution in [-0.4, -0.2) is 11.7 Å². The Morgan fingerprint density at radius 1 is 1.37 bits per heavy atom. The van der Waals surface area contributed by atoms with Gasteiger partial charge in [-0.3, -0.25) is 0 Å². The summed E-state index contributed by atoms with van der Waals surface area (Å²) < 4.78 is 5.51. The van der Waals surface area contributed by atoms with E-state index in [0.29, 0.717) is 0 Å². The van der Waals surface area contributed by atoms with Crippen LogP contribution in [0, 0.1) is 6.92 Å². The third-order valence-corrected chi connectivity index (χ3v) is 4.78. The molecule has 0 aliphatic carbocycles. The van der Waals surface area contributed by atoms with E-state index in [0.717, 1.165) is 36.5 Å². The Labute approximate surface area is 117 Å². The summed E-state index contributed by atoms with van der Waals surface area (Å²) in [7, 11) is 0. The highest BCUT2D eigenvalue weighted by Crippen LogP contribution is 2.29. The van der Waals surface area contributed by atoms with E-state index in [1.807, 2.05) is 5.38 Å². The zero-order valence-corrected chi connectivity index (χ0v) is 11.9. The lowest BCUT2D eigenvalue weighted by Crippen LogP contribution is -1.99. The molecule has 1 aromatic carbocycles. The van der Waals surface area contributed by atoms with Crippen molar-refractivity contribution in [1.82, 2.24) is 0 Å². The van der Waals surface area contributed by atoms with Crippen LogP contribution >= 0.6 is 11.3 Å². The Kier molecular flexibility index (Phi) is 3.58. The summed E-state index contributed by atoms with van der Waals surface area (Å²) in [4.78, 5) is 1.10. The summed E-state index contributed by atoms with van der Waals surface area (Å²) in [6.45, 7) is 2.86. The number of thiophene rings is 1. The van der Waals surface area contributed by atoms with Crippen LogP contribution in [0.2, 0.25) is 0 Å². The Hall–Kier alpha value is -1.32. The van der Waals surface area contributed by atoms with Crippen LogP contribution in [0.15, 0.2) is 29.6 Å². The van der Waals surface area contributed by atoms with Gasteiger partial charge in [-0.05, 0) is 54.0 Å². The molecule has 1 aromatic heterocycles. The van der Waals surface area contributed by atoms with E-state index in [1.165, 1.54) is 16.7 Å². The van der Waals surface area contributed by atoms with Gasteiger partial charge >= 0.3 is 0 Å². The molecular formula is C16H18O2S. The van der Waals surface area contributed by atoms with Gasteiger partial charge in [-0.15, -0.1) is 11.3 Å². The first-order valence-electron chi connectivity index (χ1n) is 6.70. The monoisotopic (exact) mass is 274 g/mol. The number of hydrogen-bond acceptors (Lipinski definition) is 3. The molecule has 0 saturated heterocycles. The van der Waals surface area contributed by atoms with Crippen LogP contribution in [0.4, 0.5) is 0 Å². The number of aliphatic hydroxyl groups excluding tert-OH is 1. The Bertz CT molecular complexity index is 574. The molecule has 1 aliphatic rings. The largest absolute Gasteiger partial charge is 0.493 e. The summed E-state index contributed by atoms with van der Waals surface area (Å²) in [5, 5.41) is 12.3. The van der Waals surface area contributed by atoms with E-state index in [-0.39, 0.29) is 6.10 Å². The predicted octanol–water partition coefficient (Wildman–Crippen LogP) is 3.66. The van der Waals surface area contributed by atoms with E-state index in [1.54, 1.807) is 11.3 Å². The fraction of sp³-hybridized carbons (Fsp3) is 0.375. The predicted molar refractivity (Wildman–Crippen MR) is 78.0 cm³/mol. The zero-order valence-electron chi connectivity index (χ0n) is 11.1. The van der Waals surface area contributed by atoms with E-state index in [2.05, 4.69) is 31.2 Å². The van der Waals surface area contributed by atoms with Gasteiger partial charge in [0.1, 0.15) is 5.75 Å². The number of aryl methyl sites for hydroxylation is 2. The number of aliphatic hydroxyl groups is 1. The average Bonchev–Trinajstić information content (AvgIpc) is 3.03. The second kappa shape index (κ2) is 5.35. The van der Waals surface area contributed by atoms with Crippen LogP contribution in [-0.2, 0) is 12.8 Å². The van der Waals surface area contributed by atoms with Crippen LogP contribution in [0.1, 0.15) is 34.1 Å². The second-order valence-corrected chi connectivity index (χ2v) is 6.01. The highest BCUT2D eigenvalue weighted by Gasteiger charge is 2.14. The van der Waals surface area contributed by atoms with Gasteiger partial charge in [0, 0.05) is 11.3 Å². The standard InChI is InChI=1S/C16H18O2S/c1-11-7-9-19-16(11)14(17)4-2-12-3-5-15-13(10-12)6-8-18-15/h3,5,7,9-10,14,17H,2,4,6,8H2,1H3. The number of rotatable bonds is 4. The molecule has 3 heteroatoms. The molecule has 100 valence electrons. The molecule has 1 aliphatic heterocycles. The molecule has 2 aromatic rings. The Morgan fingerprint density at radius 3 is 3.05 bits per heavy atom. The summed E-state index contributed by atoms with van der Waals surface area (Å²) in [6.07, 6.45) is 2.35. The fourth-order valence-corrected chi connectivity index (χ4v) is 3.50. The average molecular weight is 274 g/mol. The van der Waals surface area contributed by atoms with Crippen molar-refractivity contribution >= 4 is 11.3 Å². The van der Waals surface area contributed by atoms with Crippen molar-refractivity contribution in [3.63, 3.8) is 0 Å². The van der Waals surface area contributed by atoms with Crippen molar-refractivity contribution in [3.8, 4) is 5.75 Å². The molecule has 0 radical (unpaired) electrons. The molecule has 0 amide bonds. The van der Waals surface area contributed by atoms with Crippen molar-refractivity contribution in [2.45, 2.75) is 32.3 Å². The lowest BCUT2D eigenvalue weighted by molar-refractivity contribution is 0.171. The molecule has 1 atom stereocenters. The van der Waals surface area contributed by atoms with Gasteiger partial charge < -0.3 is 9.84 Å². The van der Waals surface area contributed by atoms with Crippen LogP contribution in [0.25, 0.3) is 0 Å². The van der Waals surface area contributed by atoms with Crippen molar-refractivity contribution in [1.29, 1.82) is 0 Å². The molecule has 0 fully saturated rings. The lowest BCUT2D eigenvalue weighted by atomic mass is 10.0. The van der Waals surface area contributed by atoms with Crippen LogP contribution in [0.3, 0.4) is 0 Å². The van der Waals surface area contributed by atoms with Crippen molar-refractivity contribution in [2.75, 3.05) is 6.61 Å². The Balaban J connectivity index is 1.65. The molecule has 0 spiro atoms. The van der Waals surface area contributed by atoms with Gasteiger partial charge in [-0.2, -0.15) is 0 Å². The van der Waals surface area contributed by atoms with Crippen molar-refractivity contribution in [2.24, 2.45) is 0 Å². The first-order valence-corrected chi connectivity index (χ1v) is 7.58. The lowest BCUT2D eigenvalue weighted by Gasteiger charge is -2.10. The molecule has 2 heterocycles. The summed E-state index contributed by atoms with van der Waals surface area (Å²) in [5.41, 5.74) is 3.79. The van der Waals surface area contributed by atoms with E-state index in [4.69, 9.17) is 4.74 Å². The van der Waals surface area contributed by atoms with E-state index < -0.39 is 0 Å². The SMILES string of the molecule is Cc1ccsc1C(O)CCc1ccc2c(c1)CCO2. The third kappa shape index (κ3) is 2.67. The molecule has 1 unspecified atom stereocenters. The third-order valence-electron chi connectivity index (χ3n) is 3.66. The van der Waals surface area contributed by atoms with Gasteiger partial charge in [0.05, 0.1) is 12.7 Å². The van der Waals surface area contributed by atoms with Gasteiger partial charge in [0.2, 0.25) is 0 Å². The number of benzene rings is 1. The number of fused-ring (bicyclic) bond motifs is 1. The minimum Gasteiger partial charge on any atom is -0.493 e. The number of ether oxygens (including phenoxy) is 1.